The summed E-state index contributed by atoms with van der Waals surface area (Å²) in [4.78, 5) is 25.1. The van der Waals surface area contributed by atoms with E-state index in [9.17, 15) is 18.0 Å². The molecule has 3 N–H and O–H groups in total. The second kappa shape index (κ2) is 7.41. The first kappa shape index (κ1) is 18.2. The normalized spacial score (nSPS) is 13.1. The van der Waals surface area contributed by atoms with Gasteiger partial charge in [0.15, 0.2) is 0 Å². The van der Waals surface area contributed by atoms with Crippen LogP contribution in [0, 0.1) is 0 Å². The van der Waals surface area contributed by atoms with E-state index < -0.39 is 27.9 Å². The first-order valence-corrected chi connectivity index (χ1v) is 8.37. The number of H-pyrrole nitrogens is 1. The van der Waals surface area contributed by atoms with Crippen LogP contribution < -0.4 is 5.32 Å². The van der Waals surface area contributed by atoms with Crippen LogP contribution in [0.2, 0.25) is 0 Å². The SMILES string of the molecule is CCN(CC)S(=O)(=O)c1c[nH]c(C(=O)NC(C)CC(=O)O)c1. The van der Waals surface area contributed by atoms with Gasteiger partial charge in [0.25, 0.3) is 5.91 Å². The van der Waals surface area contributed by atoms with Crippen molar-refractivity contribution in [2.24, 2.45) is 0 Å². The number of hydrogen-bond donors (Lipinski definition) is 3. The summed E-state index contributed by atoms with van der Waals surface area (Å²) in [7, 11) is -3.63. The standard InChI is InChI=1S/C13H21N3O5S/c1-4-16(5-2)22(20,21)10-7-11(14-8-10)13(19)15-9(3)6-12(17)18/h7-9,14H,4-6H2,1-3H3,(H,15,19)(H,17,18). The number of carboxylic acid groups (broad SMARTS) is 1. The van der Waals surface area contributed by atoms with Gasteiger partial charge in [-0.1, -0.05) is 13.8 Å². The molecule has 0 aliphatic rings. The van der Waals surface area contributed by atoms with Crippen LogP contribution in [0.3, 0.4) is 0 Å². The Bertz CT molecular complexity index is 634. The lowest BCUT2D eigenvalue weighted by molar-refractivity contribution is -0.137. The predicted octanol–water partition coefficient (Wildman–Crippen LogP) is 0.638. The summed E-state index contributed by atoms with van der Waals surface area (Å²) in [5.74, 6) is -1.57. The smallest absolute Gasteiger partial charge is 0.305 e. The Morgan fingerprint density at radius 3 is 2.45 bits per heavy atom. The molecule has 0 aliphatic heterocycles. The molecule has 8 nitrogen and oxygen atoms in total. The molecule has 1 atom stereocenters. The van der Waals surface area contributed by atoms with Gasteiger partial charge in [-0.2, -0.15) is 4.31 Å². The quantitative estimate of drug-likeness (QED) is 0.645. The number of hydrogen-bond acceptors (Lipinski definition) is 4. The fraction of sp³-hybridized carbons (Fsp3) is 0.538. The number of carbonyl (C=O) groups excluding carboxylic acids is 1. The second-order valence-electron chi connectivity index (χ2n) is 4.81. The lowest BCUT2D eigenvalue weighted by Crippen LogP contribution is -2.34. The first-order chi connectivity index (χ1) is 10.2. The zero-order valence-corrected chi connectivity index (χ0v) is 13.6. The fourth-order valence-electron chi connectivity index (χ4n) is 1.98. The molecule has 22 heavy (non-hydrogen) atoms. The molecule has 1 rings (SSSR count). The third kappa shape index (κ3) is 4.31. The number of aromatic nitrogens is 1. The number of nitrogens with one attached hydrogen (secondary N) is 2. The lowest BCUT2D eigenvalue weighted by atomic mass is 10.2. The fourth-order valence-corrected chi connectivity index (χ4v) is 3.43. The van der Waals surface area contributed by atoms with Crippen LogP contribution in [0.25, 0.3) is 0 Å². The van der Waals surface area contributed by atoms with Crippen molar-refractivity contribution in [1.29, 1.82) is 0 Å². The van der Waals surface area contributed by atoms with Crippen molar-refractivity contribution >= 4 is 21.9 Å². The van der Waals surface area contributed by atoms with Crippen molar-refractivity contribution in [2.45, 2.75) is 38.1 Å². The van der Waals surface area contributed by atoms with Gasteiger partial charge >= 0.3 is 5.97 Å². The van der Waals surface area contributed by atoms with Gasteiger partial charge in [0.2, 0.25) is 10.0 Å². The highest BCUT2D eigenvalue weighted by Crippen LogP contribution is 2.16. The number of carboxylic acids is 1. The molecule has 1 aromatic rings. The number of nitrogens with zero attached hydrogens (tertiary/aromatic N) is 1. The van der Waals surface area contributed by atoms with Crippen LogP contribution >= 0.6 is 0 Å². The Morgan fingerprint density at radius 2 is 1.95 bits per heavy atom. The van der Waals surface area contributed by atoms with Crippen LogP contribution in [-0.4, -0.2) is 53.8 Å². The number of rotatable bonds is 8. The van der Waals surface area contributed by atoms with Crippen molar-refractivity contribution in [3.05, 3.63) is 18.0 Å². The zero-order chi connectivity index (χ0) is 16.9. The number of aromatic amines is 1. The molecule has 0 bridgehead atoms. The number of carbonyl (C=O) groups is 2. The van der Waals surface area contributed by atoms with Crippen LogP contribution in [0.4, 0.5) is 0 Å². The lowest BCUT2D eigenvalue weighted by Gasteiger charge is -2.17. The molecule has 0 saturated heterocycles. The van der Waals surface area contributed by atoms with E-state index in [1.54, 1.807) is 20.8 Å². The highest BCUT2D eigenvalue weighted by molar-refractivity contribution is 7.89. The molecule has 0 radical (unpaired) electrons. The summed E-state index contributed by atoms with van der Waals surface area (Å²) < 4.78 is 25.9. The van der Waals surface area contributed by atoms with Gasteiger partial charge in [0, 0.05) is 25.3 Å². The summed E-state index contributed by atoms with van der Waals surface area (Å²) in [6.07, 6.45) is 1.04. The minimum absolute atomic E-state index is 0.00670. The minimum Gasteiger partial charge on any atom is -0.481 e. The van der Waals surface area contributed by atoms with E-state index in [4.69, 9.17) is 5.11 Å². The predicted molar refractivity (Wildman–Crippen MR) is 80.1 cm³/mol. The second-order valence-corrected chi connectivity index (χ2v) is 6.75. The first-order valence-electron chi connectivity index (χ1n) is 6.93. The van der Waals surface area contributed by atoms with Crippen LogP contribution in [0.15, 0.2) is 17.2 Å². The van der Waals surface area contributed by atoms with E-state index in [0.29, 0.717) is 13.1 Å². The Kier molecular flexibility index (Phi) is 6.12. The zero-order valence-electron chi connectivity index (χ0n) is 12.8. The van der Waals surface area contributed by atoms with Gasteiger partial charge in [-0.15, -0.1) is 0 Å². The van der Waals surface area contributed by atoms with Crippen molar-refractivity contribution < 1.29 is 23.1 Å². The summed E-state index contributed by atoms with van der Waals surface area (Å²) in [6.45, 7) is 5.69. The van der Waals surface area contributed by atoms with Crippen LogP contribution in [0.1, 0.15) is 37.7 Å². The van der Waals surface area contributed by atoms with Crippen LogP contribution in [0.5, 0.6) is 0 Å². The third-order valence-electron chi connectivity index (χ3n) is 3.10. The Labute approximate surface area is 129 Å². The largest absolute Gasteiger partial charge is 0.481 e. The summed E-state index contributed by atoms with van der Waals surface area (Å²) in [6, 6.07) is 0.687. The Balaban J connectivity index is 2.88. The van der Waals surface area contributed by atoms with Crippen molar-refractivity contribution in [1.82, 2.24) is 14.6 Å². The molecule has 0 spiro atoms. The van der Waals surface area contributed by atoms with Crippen LogP contribution in [-0.2, 0) is 14.8 Å². The molecular formula is C13H21N3O5S. The van der Waals surface area contributed by atoms with E-state index in [1.165, 1.54) is 16.6 Å². The summed E-state index contributed by atoms with van der Waals surface area (Å²) in [5.41, 5.74) is 0.0722. The maximum atomic E-state index is 12.3. The number of amides is 1. The van der Waals surface area contributed by atoms with Gasteiger partial charge < -0.3 is 15.4 Å². The number of aliphatic carboxylic acids is 1. The van der Waals surface area contributed by atoms with Crippen molar-refractivity contribution in [2.75, 3.05) is 13.1 Å². The maximum absolute atomic E-state index is 12.3. The third-order valence-corrected chi connectivity index (χ3v) is 5.13. The van der Waals surface area contributed by atoms with Gasteiger partial charge in [0.05, 0.1) is 6.42 Å². The van der Waals surface area contributed by atoms with Gasteiger partial charge in [0.1, 0.15) is 10.6 Å². The average molecular weight is 331 g/mol. The number of sulfonamides is 1. The molecule has 0 fully saturated rings. The van der Waals surface area contributed by atoms with Crippen molar-refractivity contribution in [3.8, 4) is 0 Å². The Morgan fingerprint density at radius 1 is 1.36 bits per heavy atom. The molecule has 1 heterocycles. The maximum Gasteiger partial charge on any atom is 0.305 e. The molecule has 0 saturated carbocycles. The minimum atomic E-state index is -3.63. The van der Waals surface area contributed by atoms with E-state index in [-0.39, 0.29) is 17.0 Å². The molecule has 1 unspecified atom stereocenters. The molecule has 9 heteroatoms. The summed E-state index contributed by atoms with van der Waals surface area (Å²) >= 11 is 0. The van der Waals surface area contributed by atoms with E-state index in [2.05, 4.69) is 10.3 Å². The summed E-state index contributed by atoms with van der Waals surface area (Å²) in [5, 5.41) is 11.1. The van der Waals surface area contributed by atoms with E-state index >= 15 is 0 Å². The molecule has 1 amide bonds. The van der Waals surface area contributed by atoms with Gasteiger partial charge in [-0.3, -0.25) is 9.59 Å². The highest BCUT2D eigenvalue weighted by atomic mass is 32.2. The molecule has 0 aliphatic carbocycles. The topological polar surface area (TPSA) is 120 Å². The molecular weight excluding hydrogens is 310 g/mol. The molecule has 1 aromatic heterocycles. The molecule has 0 aromatic carbocycles. The monoisotopic (exact) mass is 331 g/mol. The highest BCUT2D eigenvalue weighted by Gasteiger charge is 2.24. The average Bonchev–Trinajstić information content (AvgIpc) is 2.88. The van der Waals surface area contributed by atoms with Gasteiger partial charge in [-0.25, -0.2) is 8.42 Å². The molecule has 124 valence electrons. The van der Waals surface area contributed by atoms with E-state index in [1.807, 2.05) is 0 Å². The Hall–Kier alpha value is -1.87. The van der Waals surface area contributed by atoms with Gasteiger partial charge in [-0.05, 0) is 13.0 Å². The van der Waals surface area contributed by atoms with E-state index in [0.717, 1.165) is 0 Å². The van der Waals surface area contributed by atoms with Crippen molar-refractivity contribution in [3.63, 3.8) is 0 Å².